The predicted octanol–water partition coefficient (Wildman–Crippen LogP) is 1.30. The molecule has 0 aromatic carbocycles. The van der Waals surface area contributed by atoms with Gasteiger partial charge in [-0.05, 0) is 55.8 Å². The number of nitrogens with one attached hydrogen (secondary N) is 2. The van der Waals surface area contributed by atoms with Crippen LogP contribution in [-0.4, -0.2) is 48.3 Å². The van der Waals surface area contributed by atoms with E-state index in [1.165, 1.54) is 12.8 Å². The van der Waals surface area contributed by atoms with E-state index in [0.717, 1.165) is 37.6 Å². The summed E-state index contributed by atoms with van der Waals surface area (Å²) in [5.41, 5.74) is 0. The van der Waals surface area contributed by atoms with Crippen LogP contribution in [0, 0.1) is 29.6 Å². The highest BCUT2D eigenvalue weighted by molar-refractivity contribution is 5.82. The molecule has 4 atom stereocenters. The molecular weight excluding hydrogens is 330 g/mol. The number of rotatable bonds is 8. The van der Waals surface area contributed by atoms with Gasteiger partial charge in [0, 0.05) is 44.4 Å². The summed E-state index contributed by atoms with van der Waals surface area (Å²) in [4.78, 5) is 38.3. The van der Waals surface area contributed by atoms with Gasteiger partial charge in [-0.2, -0.15) is 0 Å². The maximum absolute atomic E-state index is 12.6. The summed E-state index contributed by atoms with van der Waals surface area (Å²) < 4.78 is 0. The Morgan fingerprint density at radius 3 is 2.62 bits per heavy atom. The molecule has 1 aliphatic heterocycles. The topological polar surface area (TPSA) is 78.5 Å². The predicted molar refractivity (Wildman–Crippen MR) is 97.0 cm³/mol. The van der Waals surface area contributed by atoms with Gasteiger partial charge in [0.2, 0.25) is 17.7 Å². The number of carbonyl (C=O) groups is 3. The molecular formula is C20H31N3O3. The summed E-state index contributed by atoms with van der Waals surface area (Å²) in [6, 6.07) is -0.00179. The number of carbonyl (C=O) groups excluding carboxylic acids is 3. The van der Waals surface area contributed by atoms with Crippen molar-refractivity contribution >= 4 is 17.7 Å². The molecule has 4 saturated carbocycles. The third-order valence-corrected chi connectivity index (χ3v) is 7.19. The lowest BCUT2D eigenvalue weighted by atomic mass is 9.97. The number of likely N-dealkylation sites (tertiary alicyclic amines) is 1. The highest BCUT2D eigenvalue weighted by Gasteiger charge is 2.70. The Kier molecular flexibility index (Phi) is 4.93. The summed E-state index contributed by atoms with van der Waals surface area (Å²) in [5, 5.41) is 6.11. The fourth-order valence-electron chi connectivity index (χ4n) is 5.72. The normalized spacial score (nSPS) is 35.3. The van der Waals surface area contributed by atoms with Crippen LogP contribution in [0.1, 0.15) is 51.9 Å². The standard InChI is InChI=1S/C20H31N3O3/c1-2-13(22-20(26)18-12-9-14-15(10-12)19(14)18)11-21-16(24)6-8-23-7-4-3-5-17(23)25/h12-15,18-19H,2-11H2,1H3,(H,21,24)(H,22,26)/t12?,13-,14?,15?,18?,19?/m1/s1. The molecule has 4 bridgehead atoms. The van der Waals surface area contributed by atoms with Gasteiger partial charge >= 0.3 is 0 Å². The highest BCUT2D eigenvalue weighted by atomic mass is 16.2. The van der Waals surface area contributed by atoms with E-state index in [-0.39, 0.29) is 29.7 Å². The number of piperidine rings is 1. The molecule has 0 aromatic rings. The van der Waals surface area contributed by atoms with Gasteiger partial charge in [-0.15, -0.1) is 0 Å². The molecule has 0 aromatic heterocycles. The first kappa shape index (κ1) is 17.8. The Hall–Kier alpha value is -1.59. The lowest BCUT2D eigenvalue weighted by molar-refractivity contribution is -0.134. The van der Waals surface area contributed by atoms with Gasteiger partial charge in [0.25, 0.3) is 0 Å². The second-order valence-corrected chi connectivity index (χ2v) is 8.67. The quantitative estimate of drug-likeness (QED) is 0.684. The Labute approximate surface area is 155 Å². The van der Waals surface area contributed by atoms with Crippen molar-refractivity contribution in [2.24, 2.45) is 29.6 Å². The van der Waals surface area contributed by atoms with Crippen LogP contribution in [0.25, 0.3) is 0 Å². The first-order chi connectivity index (χ1) is 12.6. The molecule has 3 unspecified atom stereocenters. The third-order valence-electron chi connectivity index (χ3n) is 7.19. The van der Waals surface area contributed by atoms with Crippen LogP contribution in [0.4, 0.5) is 0 Å². The molecule has 1 heterocycles. The van der Waals surface area contributed by atoms with E-state index in [4.69, 9.17) is 0 Å². The molecule has 6 heteroatoms. The molecule has 0 spiro atoms. The Balaban J connectivity index is 1.17. The van der Waals surface area contributed by atoms with Crippen LogP contribution in [0.5, 0.6) is 0 Å². The molecule has 144 valence electrons. The minimum Gasteiger partial charge on any atom is -0.354 e. The van der Waals surface area contributed by atoms with Crippen molar-refractivity contribution in [2.75, 3.05) is 19.6 Å². The Morgan fingerprint density at radius 2 is 2.00 bits per heavy atom. The second kappa shape index (κ2) is 7.20. The van der Waals surface area contributed by atoms with Crippen molar-refractivity contribution in [3.63, 3.8) is 0 Å². The number of hydrogen-bond acceptors (Lipinski definition) is 3. The Morgan fingerprint density at radius 1 is 1.23 bits per heavy atom. The summed E-state index contributed by atoms with van der Waals surface area (Å²) in [7, 11) is 0. The van der Waals surface area contributed by atoms with Crippen molar-refractivity contribution in [1.29, 1.82) is 0 Å². The zero-order valence-electron chi connectivity index (χ0n) is 15.7. The molecule has 2 N–H and O–H groups in total. The van der Waals surface area contributed by atoms with Gasteiger partial charge < -0.3 is 15.5 Å². The molecule has 5 rings (SSSR count). The van der Waals surface area contributed by atoms with Gasteiger partial charge in [-0.1, -0.05) is 6.92 Å². The molecule has 5 aliphatic rings. The number of hydrogen-bond donors (Lipinski definition) is 2. The molecule has 1 saturated heterocycles. The second-order valence-electron chi connectivity index (χ2n) is 8.67. The van der Waals surface area contributed by atoms with Crippen molar-refractivity contribution < 1.29 is 14.4 Å². The summed E-state index contributed by atoms with van der Waals surface area (Å²) in [5.74, 6) is 3.53. The van der Waals surface area contributed by atoms with E-state index in [1.807, 2.05) is 6.92 Å². The van der Waals surface area contributed by atoms with E-state index < -0.39 is 0 Å². The first-order valence-electron chi connectivity index (χ1n) is 10.4. The zero-order valence-corrected chi connectivity index (χ0v) is 15.7. The minimum absolute atomic E-state index is 0.00179. The van der Waals surface area contributed by atoms with E-state index in [9.17, 15) is 14.4 Å². The average molecular weight is 361 g/mol. The van der Waals surface area contributed by atoms with E-state index in [0.29, 0.717) is 37.8 Å². The number of nitrogens with zero attached hydrogens (tertiary/aromatic N) is 1. The minimum atomic E-state index is -0.0403. The molecule has 5 fully saturated rings. The first-order valence-corrected chi connectivity index (χ1v) is 10.4. The third kappa shape index (κ3) is 3.35. The average Bonchev–Trinajstić information content (AvgIpc) is 3.04. The molecule has 6 nitrogen and oxygen atoms in total. The lowest BCUT2D eigenvalue weighted by Gasteiger charge is -2.26. The summed E-state index contributed by atoms with van der Waals surface area (Å²) in [6.45, 7) is 3.79. The van der Waals surface area contributed by atoms with E-state index >= 15 is 0 Å². The highest BCUT2D eigenvalue weighted by Crippen LogP contribution is 2.73. The van der Waals surface area contributed by atoms with Crippen molar-refractivity contribution in [3.05, 3.63) is 0 Å². The fraction of sp³-hybridized carbons (Fsp3) is 0.850. The van der Waals surface area contributed by atoms with Crippen LogP contribution in [0.15, 0.2) is 0 Å². The van der Waals surface area contributed by atoms with Gasteiger partial charge in [-0.3, -0.25) is 14.4 Å². The van der Waals surface area contributed by atoms with E-state index in [1.54, 1.807) is 4.90 Å². The lowest BCUT2D eigenvalue weighted by Crippen LogP contribution is -2.46. The largest absolute Gasteiger partial charge is 0.354 e. The van der Waals surface area contributed by atoms with Gasteiger partial charge in [0.1, 0.15) is 0 Å². The summed E-state index contributed by atoms with van der Waals surface area (Å²) in [6.07, 6.45) is 6.27. The van der Waals surface area contributed by atoms with Crippen LogP contribution in [-0.2, 0) is 14.4 Å². The Bertz CT molecular complexity index is 579. The van der Waals surface area contributed by atoms with Crippen molar-refractivity contribution in [3.8, 4) is 0 Å². The SMILES string of the molecule is CC[C@H](CNC(=O)CCN1CCCCC1=O)NC(=O)C1C2CC3C(C2)C31. The van der Waals surface area contributed by atoms with Gasteiger partial charge in [-0.25, -0.2) is 0 Å². The number of amides is 3. The molecule has 26 heavy (non-hydrogen) atoms. The molecule has 3 amide bonds. The maximum atomic E-state index is 12.6. The summed E-state index contributed by atoms with van der Waals surface area (Å²) >= 11 is 0. The van der Waals surface area contributed by atoms with Crippen LogP contribution in [0.2, 0.25) is 0 Å². The molecule has 4 aliphatic carbocycles. The van der Waals surface area contributed by atoms with Crippen LogP contribution >= 0.6 is 0 Å². The fourth-order valence-corrected chi connectivity index (χ4v) is 5.72. The monoisotopic (exact) mass is 361 g/mol. The van der Waals surface area contributed by atoms with Crippen LogP contribution in [0.3, 0.4) is 0 Å². The van der Waals surface area contributed by atoms with Crippen LogP contribution < -0.4 is 10.6 Å². The molecule has 0 radical (unpaired) electrons. The maximum Gasteiger partial charge on any atom is 0.223 e. The smallest absolute Gasteiger partial charge is 0.223 e. The van der Waals surface area contributed by atoms with Crippen molar-refractivity contribution in [2.45, 2.75) is 57.9 Å². The zero-order chi connectivity index (χ0) is 18.3. The van der Waals surface area contributed by atoms with E-state index in [2.05, 4.69) is 10.6 Å². The van der Waals surface area contributed by atoms with Crippen molar-refractivity contribution in [1.82, 2.24) is 15.5 Å². The van der Waals surface area contributed by atoms with Gasteiger partial charge in [0.15, 0.2) is 0 Å². The van der Waals surface area contributed by atoms with Gasteiger partial charge in [0.05, 0.1) is 0 Å².